The molecule has 1 radical (unpaired) electrons. The molecule has 2 aromatic heterocycles. The summed E-state index contributed by atoms with van der Waals surface area (Å²) in [6.07, 6.45) is 0.536. The van der Waals surface area contributed by atoms with Crippen molar-refractivity contribution in [1.82, 2.24) is 25.3 Å². The molecule has 0 aliphatic carbocycles. The Morgan fingerprint density at radius 1 is 1.06 bits per heavy atom. The molecule has 14 heteroatoms. The van der Waals surface area contributed by atoms with Crippen LogP contribution in [0, 0.1) is 0 Å². The van der Waals surface area contributed by atoms with Crippen molar-refractivity contribution in [3.8, 4) is 5.88 Å². The molecule has 1 atom stereocenters. The smallest absolute Gasteiger partial charge is 0.857 e. The van der Waals surface area contributed by atoms with Gasteiger partial charge in [-0.1, -0.05) is 0 Å². The van der Waals surface area contributed by atoms with E-state index in [0.29, 0.717) is 11.4 Å². The maximum absolute atomic E-state index is 12.2. The van der Waals surface area contributed by atoms with Gasteiger partial charge in [0, 0.05) is 23.1 Å². The van der Waals surface area contributed by atoms with Crippen LogP contribution in [0.3, 0.4) is 0 Å². The monoisotopic (exact) mass is 494 g/mol. The number of carboxylic acids is 2. The number of hydrogen-bond acceptors (Lipinski definition) is 12. The number of nitrogens with two attached hydrogens (primary N) is 1. The summed E-state index contributed by atoms with van der Waals surface area (Å²) < 4.78 is 0. The summed E-state index contributed by atoms with van der Waals surface area (Å²) >= 11 is 0. The largest absolute Gasteiger partial charge is 3.00 e. The van der Waals surface area contributed by atoms with Crippen molar-refractivity contribution in [1.29, 1.82) is 0 Å². The number of nitrogens with zero attached hydrogens (tertiary/aromatic N) is 4. The van der Waals surface area contributed by atoms with Gasteiger partial charge < -0.3 is 41.3 Å². The van der Waals surface area contributed by atoms with Crippen LogP contribution in [0.1, 0.15) is 28.9 Å². The summed E-state index contributed by atoms with van der Waals surface area (Å²) in [7, 11) is 0. The van der Waals surface area contributed by atoms with E-state index < -0.39 is 36.2 Å². The first-order valence-corrected chi connectivity index (χ1v) is 9.24. The summed E-state index contributed by atoms with van der Waals surface area (Å²) in [6, 6.07) is 4.57. The van der Waals surface area contributed by atoms with Crippen LogP contribution in [0.25, 0.3) is 11.2 Å². The number of benzene rings is 1. The third-order valence-electron chi connectivity index (χ3n) is 4.29. The quantitative estimate of drug-likeness (QED) is 0.254. The first-order chi connectivity index (χ1) is 15.2. The number of aliphatic carboxylic acids is 2. The molecule has 13 nitrogen and oxygen atoms in total. The topological polar surface area (TPSA) is 222 Å². The van der Waals surface area contributed by atoms with E-state index >= 15 is 0 Å². The zero-order chi connectivity index (χ0) is 23.3. The molecular weight excluding hydrogens is 478 g/mol. The van der Waals surface area contributed by atoms with Gasteiger partial charge in [0.15, 0.2) is 5.65 Å². The molecule has 33 heavy (non-hydrogen) atoms. The SMILES string of the molecule is Nc1nc([O-])c2nc(CNc3ccc(C(=O)NC(CCC(=O)[O-])C(=O)[O-])cc3)cnc2n1.[Fe+3]. The molecule has 0 aliphatic rings. The van der Waals surface area contributed by atoms with Gasteiger partial charge in [-0.2, -0.15) is 4.98 Å². The van der Waals surface area contributed by atoms with Crippen LogP contribution in [-0.2, 0) is 33.2 Å². The van der Waals surface area contributed by atoms with Gasteiger partial charge in [-0.3, -0.25) is 4.79 Å². The molecule has 1 unspecified atom stereocenters. The van der Waals surface area contributed by atoms with Gasteiger partial charge in [0.2, 0.25) is 5.95 Å². The first-order valence-electron chi connectivity index (χ1n) is 9.24. The Bertz CT molecular complexity index is 1180. The number of nitrogen functional groups attached to an aromatic ring is 1. The van der Waals surface area contributed by atoms with E-state index in [1.807, 2.05) is 0 Å². The van der Waals surface area contributed by atoms with Crippen LogP contribution >= 0.6 is 0 Å². The van der Waals surface area contributed by atoms with E-state index in [9.17, 15) is 29.7 Å². The van der Waals surface area contributed by atoms with E-state index in [0.717, 1.165) is 0 Å². The van der Waals surface area contributed by atoms with Crippen molar-refractivity contribution in [3.05, 3.63) is 41.7 Å². The summed E-state index contributed by atoms with van der Waals surface area (Å²) in [5.41, 5.74) is 6.70. The van der Waals surface area contributed by atoms with Gasteiger partial charge in [0.05, 0.1) is 30.4 Å². The Morgan fingerprint density at radius 2 is 1.76 bits per heavy atom. The van der Waals surface area contributed by atoms with E-state index in [-0.39, 0.29) is 52.7 Å². The second kappa shape index (κ2) is 11.0. The van der Waals surface area contributed by atoms with Crippen LogP contribution in [0.2, 0.25) is 0 Å². The number of fused-ring (bicyclic) bond motifs is 1. The van der Waals surface area contributed by atoms with Gasteiger partial charge in [0.1, 0.15) is 5.52 Å². The number of anilines is 2. The van der Waals surface area contributed by atoms with Crippen LogP contribution in [0.4, 0.5) is 11.6 Å². The fourth-order valence-electron chi connectivity index (χ4n) is 2.71. The maximum atomic E-state index is 12.2. The summed E-state index contributed by atoms with van der Waals surface area (Å²) in [6.45, 7) is 0.203. The van der Waals surface area contributed by atoms with E-state index in [2.05, 4.69) is 30.6 Å². The normalized spacial score (nSPS) is 11.3. The minimum Gasteiger partial charge on any atom is -0.857 e. The number of amides is 1. The maximum Gasteiger partial charge on any atom is 3.00 e. The predicted octanol–water partition coefficient (Wildman–Crippen LogP) is -2.94. The molecule has 1 aromatic carbocycles. The molecule has 0 aliphatic heterocycles. The zero-order valence-corrected chi connectivity index (χ0v) is 17.9. The fourth-order valence-corrected chi connectivity index (χ4v) is 2.71. The second-order valence-corrected chi connectivity index (χ2v) is 6.61. The minimum absolute atomic E-state index is 0. The van der Waals surface area contributed by atoms with Crippen LogP contribution in [-0.4, -0.2) is 43.8 Å². The molecule has 0 saturated heterocycles. The molecule has 1 amide bonds. The summed E-state index contributed by atoms with van der Waals surface area (Å²) in [5.74, 6) is -4.54. The van der Waals surface area contributed by atoms with Crippen molar-refractivity contribution in [2.75, 3.05) is 11.1 Å². The van der Waals surface area contributed by atoms with E-state index in [1.165, 1.54) is 18.3 Å². The Morgan fingerprint density at radius 3 is 2.39 bits per heavy atom. The number of rotatable bonds is 9. The van der Waals surface area contributed by atoms with Crippen molar-refractivity contribution in [2.24, 2.45) is 0 Å². The minimum atomic E-state index is -1.59. The number of hydrogen-bond donors (Lipinski definition) is 3. The first kappa shape index (κ1) is 25.2. The third kappa shape index (κ3) is 6.72. The molecule has 2 heterocycles. The summed E-state index contributed by atoms with van der Waals surface area (Å²) in [5, 5.41) is 38.7. The Hall–Kier alpha value is -4.03. The van der Waals surface area contributed by atoms with Crippen molar-refractivity contribution in [3.63, 3.8) is 0 Å². The zero-order valence-electron chi connectivity index (χ0n) is 16.8. The second-order valence-electron chi connectivity index (χ2n) is 6.61. The van der Waals surface area contributed by atoms with E-state index in [1.54, 1.807) is 12.1 Å². The number of nitrogens with one attached hydrogen (secondary N) is 2. The molecule has 0 fully saturated rings. The van der Waals surface area contributed by atoms with Crippen LogP contribution in [0.15, 0.2) is 30.5 Å². The van der Waals surface area contributed by atoms with Gasteiger partial charge in [-0.25, -0.2) is 15.0 Å². The molecule has 3 aromatic rings. The Balaban J connectivity index is 0.00000385. The molecule has 3 rings (SSSR count). The number of carbonyl (C=O) groups is 3. The fraction of sp³-hybridized carbons (Fsp3) is 0.211. The molecule has 171 valence electrons. The average Bonchev–Trinajstić information content (AvgIpc) is 2.75. The summed E-state index contributed by atoms with van der Waals surface area (Å²) in [4.78, 5) is 49.4. The average molecular weight is 494 g/mol. The van der Waals surface area contributed by atoms with Crippen LogP contribution < -0.4 is 31.7 Å². The third-order valence-corrected chi connectivity index (χ3v) is 4.29. The van der Waals surface area contributed by atoms with Crippen molar-refractivity contribution >= 4 is 40.6 Å². The van der Waals surface area contributed by atoms with Crippen molar-refractivity contribution in [2.45, 2.75) is 25.4 Å². The van der Waals surface area contributed by atoms with Gasteiger partial charge in [0.25, 0.3) is 5.91 Å². The number of aromatic nitrogens is 4. The molecule has 4 N–H and O–H groups in total. The Labute approximate surface area is 197 Å². The van der Waals surface area contributed by atoms with Crippen LogP contribution in [0.5, 0.6) is 5.88 Å². The van der Waals surface area contributed by atoms with E-state index in [4.69, 9.17) is 5.73 Å². The number of carbonyl (C=O) groups excluding carboxylic acids is 3. The predicted molar refractivity (Wildman–Crippen MR) is 103 cm³/mol. The standard InChI is InChI=1S/C19H19N7O6.Fe/c20-19-25-15-14(17(30)26-19)23-11(8-22-15)7-21-10-3-1-9(2-4-10)16(29)24-12(18(31)32)5-6-13(27)28;/h1-4,8,12,21H,5-7H2,(H,24,29)(H,27,28)(H,31,32)(H3,20,22,25,26,30);/q;+3/p-3. The van der Waals surface area contributed by atoms with Gasteiger partial charge in [-0.05, 0) is 37.1 Å². The Kier molecular flexibility index (Phi) is 8.42. The molecular formula is C19H16FeN7O6. The van der Waals surface area contributed by atoms with Gasteiger partial charge >= 0.3 is 17.1 Å². The number of carboxylic acid groups (broad SMARTS) is 2. The molecule has 0 spiro atoms. The molecule has 0 bridgehead atoms. The van der Waals surface area contributed by atoms with Gasteiger partial charge in [-0.15, -0.1) is 0 Å². The van der Waals surface area contributed by atoms with Crippen molar-refractivity contribution < 1.29 is 46.8 Å². The molecule has 0 saturated carbocycles.